The largest absolute Gasteiger partial charge is 0.491 e. The molecule has 0 aliphatic heterocycles. The van der Waals surface area contributed by atoms with Gasteiger partial charge < -0.3 is 19.8 Å². The minimum Gasteiger partial charge on any atom is -0.491 e. The monoisotopic (exact) mass is 407 g/mol. The maximum absolute atomic E-state index is 12.3. The molecular weight excluding hydrogens is 386 g/mol. The summed E-state index contributed by atoms with van der Waals surface area (Å²) in [5.74, 6) is 5.61. The van der Waals surface area contributed by atoms with Gasteiger partial charge in [0.2, 0.25) is 0 Å². The Bertz CT molecular complexity index is 1090. The molecule has 0 saturated heterocycles. The number of benzene rings is 2. The average Bonchev–Trinajstić information content (AvgIpc) is 3.20. The van der Waals surface area contributed by atoms with Crippen LogP contribution in [0.4, 0.5) is 0 Å². The van der Waals surface area contributed by atoms with Crippen LogP contribution in [0.25, 0.3) is 10.9 Å². The van der Waals surface area contributed by atoms with E-state index in [1.54, 1.807) is 42.9 Å². The zero-order chi connectivity index (χ0) is 21.3. The van der Waals surface area contributed by atoms with Crippen LogP contribution in [-0.2, 0) is 4.74 Å². The second kappa shape index (κ2) is 10.1. The van der Waals surface area contributed by atoms with Crippen molar-refractivity contribution in [3.63, 3.8) is 0 Å². The van der Waals surface area contributed by atoms with E-state index in [0.717, 1.165) is 10.9 Å². The lowest BCUT2D eigenvalue weighted by Gasteiger charge is -2.04. The summed E-state index contributed by atoms with van der Waals surface area (Å²) in [6, 6.07) is 13.7. The van der Waals surface area contributed by atoms with Crippen molar-refractivity contribution < 1.29 is 24.3 Å². The van der Waals surface area contributed by atoms with Crippen LogP contribution in [0.3, 0.4) is 0 Å². The van der Waals surface area contributed by atoms with Crippen LogP contribution >= 0.6 is 0 Å². The SMILES string of the molecule is COCCOc1ccc2[nH]c(C(=O)NCC#Cc3ccc(C(=O)NO)cc3)cc2c1. The molecule has 1 aromatic heterocycles. The highest BCUT2D eigenvalue weighted by Crippen LogP contribution is 2.21. The van der Waals surface area contributed by atoms with E-state index in [9.17, 15) is 9.59 Å². The van der Waals surface area contributed by atoms with Gasteiger partial charge in [-0.2, -0.15) is 0 Å². The van der Waals surface area contributed by atoms with E-state index in [-0.39, 0.29) is 12.5 Å². The quantitative estimate of drug-likeness (QED) is 0.207. The van der Waals surface area contributed by atoms with Crippen LogP contribution in [-0.4, -0.2) is 48.9 Å². The molecule has 2 aromatic carbocycles. The number of carbonyl (C=O) groups is 2. The summed E-state index contributed by atoms with van der Waals surface area (Å²) < 4.78 is 10.5. The minimum absolute atomic E-state index is 0.165. The number of ether oxygens (including phenoxy) is 2. The smallest absolute Gasteiger partial charge is 0.274 e. The fourth-order valence-electron chi connectivity index (χ4n) is 2.70. The molecule has 1 heterocycles. The topological polar surface area (TPSA) is 113 Å². The molecule has 0 atom stereocenters. The number of H-pyrrole nitrogens is 1. The molecule has 0 spiro atoms. The first-order valence-corrected chi connectivity index (χ1v) is 9.17. The van der Waals surface area contributed by atoms with E-state index in [4.69, 9.17) is 14.7 Å². The molecule has 4 N–H and O–H groups in total. The third-order valence-corrected chi connectivity index (χ3v) is 4.21. The summed E-state index contributed by atoms with van der Waals surface area (Å²) in [5, 5.41) is 12.2. The summed E-state index contributed by atoms with van der Waals surface area (Å²) in [4.78, 5) is 26.7. The van der Waals surface area contributed by atoms with Crippen molar-refractivity contribution in [2.24, 2.45) is 0 Å². The van der Waals surface area contributed by atoms with Crippen LogP contribution in [0.1, 0.15) is 26.4 Å². The van der Waals surface area contributed by atoms with Crippen molar-refractivity contribution >= 4 is 22.7 Å². The fourth-order valence-corrected chi connectivity index (χ4v) is 2.70. The van der Waals surface area contributed by atoms with Gasteiger partial charge in [-0.1, -0.05) is 11.8 Å². The zero-order valence-corrected chi connectivity index (χ0v) is 16.3. The summed E-state index contributed by atoms with van der Waals surface area (Å²) in [6.45, 7) is 1.12. The molecule has 0 aliphatic carbocycles. The predicted molar refractivity (Wildman–Crippen MR) is 111 cm³/mol. The highest BCUT2D eigenvalue weighted by Gasteiger charge is 2.09. The maximum Gasteiger partial charge on any atom is 0.274 e. The molecule has 3 rings (SSSR count). The van der Waals surface area contributed by atoms with Gasteiger partial charge in [0.1, 0.15) is 18.1 Å². The first-order chi connectivity index (χ1) is 14.6. The Hall–Kier alpha value is -3.80. The lowest BCUT2D eigenvalue weighted by atomic mass is 10.1. The Morgan fingerprint density at radius 1 is 1.07 bits per heavy atom. The summed E-state index contributed by atoms with van der Waals surface area (Å²) in [6.07, 6.45) is 0. The van der Waals surface area contributed by atoms with Gasteiger partial charge >= 0.3 is 0 Å². The van der Waals surface area contributed by atoms with Crippen LogP contribution in [0, 0.1) is 11.8 Å². The molecule has 0 saturated carbocycles. The molecule has 3 aromatic rings. The van der Waals surface area contributed by atoms with Gasteiger partial charge in [-0.3, -0.25) is 14.8 Å². The second-order valence-electron chi connectivity index (χ2n) is 6.28. The third kappa shape index (κ3) is 5.38. The lowest BCUT2D eigenvalue weighted by Crippen LogP contribution is -2.23. The second-order valence-corrected chi connectivity index (χ2v) is 6.28. The summed E-state index contributed by atoms with van der Waals surface area (Å²) in [5.41, 5.74) is 3.84. The normalized spacial score (nSPS) is 10.2. The molecule has 0 unspecified atom stereocenters. The van der Waals surface area contributed by atoms with Gasteiger partial charge in [0.05, 0.1) is 13.2 Å². The average molecular weight is 407 g/mol. The van der Waals surface area contributed by atoms with E-state index in [2.05, 4.69) is 22.1 Å². The summed E-state index contributed by atoms with van der Waals surface area (Å²) >= 11 is 0. The van der Waals surface area contributed by atoms with Crippen molar-refractivity contribution in [1.82, 2.24) is 15.8 Å². The van der Waals surface area contributed by atoms with Crippen molar-refractivity contribution in [1.29, 1.82) is 0 Å². The number of rotatable bonds is 7. The maximum atomic E-state index is 12.3. The van der Waals surface area contributed by atoms with Gasteiger partial charge in [0.15, 0.2) is 0 Å². The fraction of sp³-hybridized carbons (Fsp3) is 0.182. The van der Waals surface area contributed by atoms with Crippen LogP contribution in [0.15, 0.2) is 48.5 Å². The van der Waals surface area contributed by atoms with Crippen molar-refractivity contribution in [3.05, 3.63) is 65.4 Å². The first kappa shape index (κ1) is 20.9. The first-order valence-electron chi connectivity index (χ1n) is 9.17. The van der Waals surface area contributed by atoms with Crippen LogP contribution in [0.5, 0.6) is 5.75 Å². The highest BCUT2D eigenvalue weighted by atomic mass is 16.5. The molecule has 2 amide bonds. The molecule has 0 bridgehead atoms. The summed E-state index contributed by atoms with van der Waals surface area (Å²) in [7, 11) is 1.61. The molecule has 30 heavy (non-hydrogen) atoms. The Morgan fingerprint density at radius 3 is 2.60 bits per heavy atom. The Labute approximate surface area is 173 Å². The lowest BCUT2D eigenvalue weighted by molar-refractivity contribution is 0.0706. The number of hydrogen-bond donors (Lipinski definition) is 4. The number of fused-ring (bicyclic) bond motifs is 1. The number of carbonyl (C=O) groups excluding carboxylic acids is 2. The Kier molecular flexibility index (Phi) is 7.05. The standard InChI is InChI=1S/C22H21N3O5/c1-29-11-12-30-18-8-9-19-17(13-18)14-20(24-19)22(27)23-10-2-3-15-4-6-16(7-5-15)21(26)25-28/h4-9,13-14,24,28H,10-12H2,1H3,(H,23,27)(H,25,26). The van der Waals surface area contributed by atoms with Gasteiger partial charge in [0, 0.05) is 29.1 Å². The zero-order valence-electron chi connectivity index (χ0n) is 16.3. The molecule has 0 fully saturated rings. The number of amides is 2. The van der Waals surface area contributed by atoms with Gasteiger partial charge in [-0.25, -0.2) is 5.48 Å². The number of nitrogens with one attached hydrogen (secondary N) is 3. The minimum atomic E-state index is -0.589. The third-order valence-electron chi connectivity index (χ3n) is 4.21. The van der Waals surface area contributed by atoms with Crippen molar-refractivity contribution in [3.8, 4) is 17.6 Å². The predicted octanol–water partition coefficient (Wildman–Crippen LogP) is 2.09. The molecule has 8 nitrogen and oxygen atoms in total. The number of aromatic nitrogens is 1. The number of hydrogen-bond acceptors (Lipinski definition) is 5. The van der Waals surface area contributed by atoms with E-state index in [1.165, 1.54) is 0 Å². The van der Waals surface area contributed by atoms with Crippen molar-refractivity contribution in [2.45, 2.75) is 0 Å². The van der Waals surface area contributed by atoms with E-state index in [1.807, 2.05) is 18.2 Å². The molecular formula is C22H21N3O5. The molecule has 0 radical (unpaired) electrons. The van der Waals surface area contributed by atoms with Crippen molar-refractivity contribution in [2.75, 3.05) is 26.9 Å². The highest BCUT2D eigenvalue weighted by molar-refractivity contribution is 5.98. The van der Waals surface area contributed by atoms with Gasteiger partial charge in [-0.05, 0) is 48.5 Å². The number of hydroxylamine groups is 1. The molecule has 0 aliphatic rings. The molecule has 8 heteroatoms. The van der Waals surface area contributed by atoms with Gasteiger partial charge in [-0.15, -0.1) is 0 Å². The molecule has 154 valence electrons. The van der Waals surface area contributed by atoms with Gasteiger partial charge in [0.25, 0.3) is 11.8 Å². The Morgan fingerprint density at radius 2 is 1.87 bits per heavy atom. The van der Waals surface area contributed by atoms with Crippen LogP contribution in [0.2, 0.25) is 0 Å². The van der Waals surface area contributed by atoms with E-state index >= 15 is 0 Å². The van der Waals surface area contributed by atoms with E-state index < -0.39 is 5.91 Å². The van der Waals surface area contributed by atoms with Crippen LogP contribution < -0.4 is 15.5 Å². The number of methoxy groups -OCH3 is 1. The van der Waals surface area contributed by atoms with E-state index in [0.29, 0.717) is 35.8 Å². The Balaban J connectivity index is 1.56. The number of aromatic amines is 1.